The van der Waals surface area contributed by atoms with Crippen molar-refractivity contribution in [2.45, 2.75) is 13.3 Å². The van der Waals surface area contributed by atoms with Gasteiger partial charge in [-0.1, -0.05) is 30.3 Å². The first-order chi connectivity index (χ1) is 14.3. The summed E-state index contributed by atoms with van der Waals surface area (Å²) in [5, 5.41) is 12.0. The van der Waals surface area contributed by atoms with Gasteiger partial charge in [0, 0.05) is 18.0 Å². The van der Waals surface area contributed by atoms with Crippen LogP contribution in [0, 0.1) is 0 Å². The molecule has 1 heterocycles. The molecule has 0 saturated carbocycles. The molecule has 1 aromatic heterocycles. The van der Waals surface area contributed by atoms with Gasteiger partial charge in [0.15, 0.2) is 11.5 Å². The number of halogens is 3. The van der Waals surface area contributed by atoms with Crippen molar-refractivity contribution in [3.05, 3.63) is 66.5 Å². The number of hydrogen-bond acceptors (Lipinski definition) is 5. The zero-order valence-electron chi connectivity index (χ0n) is 15.7. The van der Waals surface area contributed by atoms with Crippen LogP contribution in [0.3, 0.4) is 0 Å². The Morgan fingerprint density at radius 1 is 1.07 bits per heavy atom. The monoisotopic (exact) mass is 418 g/mol. The number of carboxylic acid groups (broad SMARTS) is 1. The fourth-order valence-corrected chi connectivity index (χ4v) is 2.83. The summed E-state index contributed by atoms with van der Waals surface area (Å²) in [6.07, 6.45) is -2.58. The van der Waals surface area contributed by atoms with E-state index in [0.717, 1.165) is 6.20 Å². The fraction of sp³-hybridized carbons (Fsp3) is 0.143. The number of anilines is 2. The quantitative estimate of drug-likeness (QED) is 0.528. The predicted molar refractivity (Wildman–Crippen MR) is 104 cm³/mol. The van der Waals surface area contributed by atoms with Crippen LogP contribution >= 0.6 is 0 Å². The second-order valence-electron chi connectivity index (χ2n) is 6.02. The van der Waals surface area contributed by atoms with Gasteiger partial charge >= 0.3 is 12.3 Å². The lowest BCUT2D eigenvalue weighted by atomic mass is 10.0. The molecule has 9 heteroatoms. The summed E-state index contributed by atoms with van der Waals surface area (Å²) in [4.78, 5) is 15.2. The van der Waals surface area contributed by atoms with Crippen molar-refractivity contribution < 1.29 is 32.5 Å². The van der Waals surface area contributed by atoms with Crippen LogP contribution in [0.15, 0.2) is 60.9 Å². The third-order valence-corrected chi connectivity index (χ3v) is 4.02. The van der Waals surface area contributed by atoms with Crippen LogP contribution in [-0.2, 0) is 0 Å². The van der Waals surface area contributed by atoms with Crippen LogP contribution in [0.4, 0.5) is 24.5 Å². The van der Waals surface area contributed by atoms with E-state index in [1.165, 1.54) is 18.3 Å². The SMILES string of the molecule is CCOc1c(-c2ccccc2)ccc(Nc2ccncc2C(=O)O)c1OC(F)(F)F. The number of hydrogen-bond donors (Lipinski definition) is 2. The number of carboxylic acids is 1. The maximum absolute atomic E-state index is 13.2. The topological polar surface area (TPSA) is 80.7 Å². The summed E-state index contributed by atoms with van der Waals surface area (Å²) in [5.74, 6) is -1.99. The fourth-order valence-electron chi connectivity index (χ4n) is 2.83. The second kappa shape index (κ2) is 8.73. The third-order valence-electron chi connectivity index (χ3n) is 4.02. The van der Waals surface area contributed by atoms with E-state index in [2.05, 4.69) is 15.0 Å². The van der Waals surface area contributed by atoms with Crippen LogP contribution in [0.1, 0.15) is 17.3 Å². The predicted octanol–water partition coefficient (Wildman–Crippen LogP) is 5.49. The summed E-state index contributed by atoms with van der Waals surface area (Å²) in [6.45, 7) is 1.73. The van der Waals surface area contributed by atoms with Crippen molar-refractivity contribution in [1.29, 1.82) is 0 Å². The van der Waals surface area contributed by atoms with E-state index >= 15 is 0 Å². The van der Waals surface area contributed by atoms with Crippen molar-refractivity contribution in [1.82, 2.24) is 4.98 Å². The van der Waals surface area contributed by atoms with Crippen LogP contribution in [0.5, 0.6) is 11.5 Å². The molecule has 0 fully saturated rings. The Labute approximate surface area is 169 Å². The highest BCUT2D eigenvalue weighted by atomic mass is 19.4. The first-order valence-corrected chi connectivity index (χ1v) is 8.85. The number of carbonyl (C=O) groups is 1. The summed E-state index contributed by atoms with van der Waals surface area (Å²) in [6, 6.07) is 13.0. The lowest BCUT2D eigenvalue weighted by Crippen LogP contribution is -2.19. The zero-order valence-corrected chi connectivity index (χ0v) is 15.7. The van der Waals surface area contributed by atoms with E-state index in [1.807, 2.05) is 0 Å². The average Bonchev–Trinajstić information content (AvgIpc) is 2.70. The van der Waals surface area contributed by atoms with Crippen molar-refractivity contribution in [3.63, 3.8) is 0 Å². The number of aromatic carboxylic acids is 1. The highest BCUT2D eigenvalue weighted by Gasteiger charge is 2.35. The molecule has 0 spiro atoms. The van der Waals surface area contributed by atoms with E-state index in [9.17, 15) is 23.1 Å². The number of alkyl halides is 3. The number of nitrogens with zero attached hydrogens (tertiary/aromatic N) is 1. The minimum Gasteiger partial charge on any atom is -0.489 e. The highest BCUT2D eigenvalue weighted by molar-refractivity contribution is 5.95. The molecule has 0 aliphatic heterocycles. The molecule has 3 aromatic rings. The molecule has 2 aromatic carbocycles. The summed E-state index contributed by atoms with van der Waals surface area (Å²) < 4.78 is 49.5. The van der Waals surface area contributed by atoms with Gasteiger partial charge < -0.3 is 19.9 Å². The Hall–Kier alpha value is -3.75. The molecule has 0 unspecified atom stereocenters. The average molecular weight is 418 g/mol. The Kier molecular flexibility index (Phi) is 6.10. The second-order valence-corrected chi connectivity index (χ2v) is 6.02. The van der Waals surface area contributed by atoms with Gasteiger partial charge in [-0.05, 0) is 30.7 Å². The molecule has 6 nitrogen and oxygen atoms in total. The van der Waals surface area contributed by atoms with Gasteiger partial charge in [-0.15, -0.1) is 13.2 Å². The number of rotatable bonds is 7. The molecule has 0 aliphatic carbocycles. The maximum Gasteiger partial charge on any atom is 0.573 e. The Balaban J connectivity index is 2.18. The van der Waals surface area contributed by atoms with Crippen LogP contribution in [0.25, 0.3) is 11.1 Å². The Bertz CT molecular complexity index is 1040. The molecular weight excluding hydrogens is 401 g/mol. The zero-order chi connectivity index (χ0) is 21.7. The van der Waals surface area contributed by atoms with Gasteiger partial charge in [0.25, 0.3) is 0 Å². The van der Waals surface area contributed by atoms with Gasteiger partial charge in [0.2, 0.25) is 0 Å². The normalized spacial score (nSPS) is 11.1. The summed E-state index contributed by atoms with van der Waals surface area (Å²) in [5.41, 5.74) is 0.772. The molecule has 0 atom stereocenters. The molecule has 0 aliphatic rings. The van der Waals surface area contributed by atoms with Crippen molar-refractivity contribution in [3.8, 4) is 22.6 Å². The molecule has 0 amide bonds. The number of pyridine rings is 1. The molecule has 3 rings (SSSR count). The van der Waals surface area contributed by atoms with Gasteiger partial charge in [-0.25, -0.2) is 4.79 Å². The highest BCUT2D eigenvalue weighted by Crippen LogP contribution is 2.46. The van der Waals surface area contributed by atoms with E-state index in [-0.39, 0.29) is 29.3 Å². The first-order valence-electron chi connectivity index (χ1n) is 8.85. The van der Waals surface area contributed by atoms with Gasteiger partial charge in [-0.3, -0.25) is 4.98 Å². The van der Waals surface area contributed by atoms with Crippen LogP contribution in [0.2, 0.25) is 0 Å². The minimum absolute atomic E-state index is 0.0550. The molecular formula is C21H17F3N2O4. The number of ether oxygens (including phenoxy) is 2. The van der Waals surface area contributed by atoms with Crippen molar-refractivity contribution in [2.75, 3.05) is 11.9 Å². The van der Waals surface area contributed by atoms with E-state index in [1.54, 1.807) is 43.3 Å². The Morgan fingerprint density at radius 3 is 2.43 bits per heavy atom. The minimum atomic E-state index is -4.99. The lowest BCUT2D eigenvalue weighted by Gasteiger charge is -2.21. The van der Waals surface area contributed by atoms with Crippen LogP contribution < -0.4 is 14.8 Å². The molecule has 30 heavy (non-hydrogen) atoms. The summed E-state index contributed by atoms with van der Waals surface area (Å²) >= 11 is 0. The van der Waals surface area contributed by atoms with E-state index < -0.39 is 18.1 Å². The van der Waals surface area contributed by atoms with Crippen LogP contribution in [-0.4, -0.2) is 29.0 Å². The van der Waals surface area contributed by atoms with Gasteiger partial charge in [0.05, 0.1) is 18.0 Å². The molecule has 0 radical (unpaired) electrons. The number of nitrogens with one attached hydrogen (secondary N) is 1. The van der Waals surface area contributed by atoms with Crippen molar-refractivity contribution >= 4 is 17.3 Å². The van der Waals surface area contributed by atoms with Crippen molar-refractivity contribution in [2.24, 2.45) is 0 Å². The maximum atomic E-state index is 13.2. The summed E-state index contributed by atoms with van der Waals surface area (Å²) in [7, 11) is 0. The van der Waals surface area contributed by atoms with Gasteiger partial charge in [-0.2, -0.15) is 0 Å². The molecule has 0 bridgehead atoms. The van der Waals surface area contributed by atoms with E-state index in [0.29, 0.717) is 11.1 Å². The molecule has 2 N–H and O–H groups in total. The van der Waals surface area contributed by atoms with Gasteiger partial charge in [0.1, 0.15) is 5.56 Å². The third kappa shape index (κ3) is 4.80. The Morgan fingerprint density at radius 2 is 1.80 bits per heavy atom. The smallest absolute Gasteiger partial charge is 0.489 e. The first kappa shape index (κ1) is 21.0. The molecule has 156 valence electrons. The number of benzene rings is 2. The largest absolute Gasteiger partial charge is 0.573 e. The van der Waals surface area contributed by atoms with E-state index in [4.69, 9.17) is 4.74 Å². The number of aromatic nitrogens is 1. The standard InChI is InChI=1S/C21H17F3N2O4/c1-2-29-18-14(13-6-4-3-5-7-13)8-9-17(19(18)30-21(22,23)24)26-16-10-11-25-12-15(16)20(27)28/h3-12H,2H2,1H3,(H,25,26)(H,27,28). The molecule has 0 saturated heterocycles. The lowest BCUT2D eigenvalue weighted by molar-refractivity contribution is -0.274.